The maximum atomic E-state index is 13.2. The fourth-order valence-corrected chi connectivity index (χ4v) is 1.87. The van der Waals surface area contributed by atoms with Gasteiger partial charge in [0.05, 0.1) is 11.9 Å². The zero-order valence-electron chi connectivity index (χ0n) is 9.56. The topological polar surface area (TPSA) is 91.2 Å². The van der Waals surface area contributed by atoms with Gasteiger partial charge in [0, 0.05) is 10.5 Å². The van der Waals surface area contributed by atoms with Gasteiger partial charge >= 0.3 is 0 Å². The minimum Gasteiger partial charge on any atom is -0.438 e. The molecule has 0 radical (unpaired) electrons. The fraction of sp³-hybridized carbons (Fsp3) is 0. The molecule has 7 heteroatoms. The number of carbonyl (C=O) groups is 1. The number of pyridine rings is 1. The van der Waals surface area contributed by atoms with Crippen LogP contribution >= 0.6 is 15.9 Å². The highest BCUT2D eigenvalue weighted by Crippen LogP contribution is 2.27. The van der Waals surface area contributed by atoms with E-state index in [-0.39, 0.29) is 22.9 Å². The molecule has 2 aromatic rings. The third kappa shape index (κ3) is 3.19. The number of nitrogens with zero attached hydrogens (tertiary/aromatic N) is 1. The van der Waals surface area contributed by atoms with Crippen molar-refractivity contribution >= 4 is 27.5 Å². The molecule has 0 fully saturated rings. The van der Waals surface area contributed by atoms with E-state index < -0.39 is 11.7 Å². The van der Waals surface area contributed by atoms with E-state index in [9.17, 15) is 9.18 Å². The van der Waals surface area contributed by atoms with Crippen molar-refractivity contribution in [2.24, 2.45) is 5.73 Å². The number of aromatic nitrogens is 1. The molecule has 0 atom stereocenters. The highest BCUT2D eigenvalue weighted by atomic mass is 79.9. The molecule has 0 unspecified atom stereocenters. The summed E-state index contributed by atoms with van der Waals surface area (Å²) in [5.74, 6) is -1.06. The van der Waals surface area contributed by atoms with E-state index in [2.05, 4.69) is 20.9 Å². The van der Waals surface area contributed by atoms with Crippen LogP contribution in [0.15, 0.2) is 34.9 Å². The molecule has 5 nitrogen and oxygen atoms in total. The van der Waals surface area contributed by atoms with Crippen molar-refractivity contribution in [2.45, 2.75) is 0 Å². The molecular weight excluding hydrogens is 317 g/mol. The van der Waals surface area contributed by atoms with Gasteiger partial charge in [-0.3, -0.25) is 4.79 Å². The Kier molecular flexibility index (Phi) is 3.66. The molecule has 0 bridgehead atoms. The van der Waals surface area contributed by atoms with Crippen LogP contribution < -0.4 is 16.2 Å². The van der Waals surface area contributed by atoms with E-state index in [0.717, 1.165) is 6.07 Å². The van der Waals surface area contributed by atoms with Gasteiger partial charge in [-0.2, -0.15) is 0 Å². The predicted octanol–water partition coefficient (Wildman–Crippen LogP) is 2.46. The second-order valence-electron chi connectivity index (χ2n) is 3.69. The van der Waals surface area contributed by atoms with E-state index in [1.165, 1.54) is 24.4 Å². The molecule has 98 valence electrons. The maximum absolute atomic E-state index is 13.2. The molecule has 4 N–H and O–H groups in total. The number of nitrogen functional groups attached to an aromatic ring is 1. The summed E-state index contributed by atoms with van der Waals surface area (Å²) in [4.78, 5) is 15.1. The fourth-order valence-electron chi connectivity index (χ4n) is 1.43. The van der Waals surface area contributed by atoms with Crippen LogP contribution in [0.4, 0.5) is 10.1 Å². The molecule has 1 heterocycles. The first kappa shape index (κ1) is 13.3. The van der Waals surface area contributed by atoms with Crippen LogP contribution in [0.3, 0.4) is 0 Å². The van der Waals surface area contributed by atoms with E-state index >= 15 is 0 Å². The summed E-state index contributed by atoms with van der Waals surface area (Å²) >= 11 is 3.13. The summed E-state index contributed by atoms with van der Waals surface area (Å²) in [6.07, 6.45) is 1.32. The Morgan fingerprint density at radius 1 is 1.32 bits per heavy atom. The summed E-state index contributed by atoms with van der Waals surface area (Å²) in [6.45, 7) is 0. The first-order valence-electron chi connectivity index (χ1n) is 5.15. The molecule has 1 aromatic carbocycles. The van der Waals surface area contributed by atoms with Gasteiger partial charge in [-0.05, 0) is 18.2 Å². The summed E-state index contributed by atoms with van der Waals surface area (Å²) in [7, 11) is 0. The van der Waals surface area contributed by atoms with Crippen molar-refractivity contribution in [2.75, 3.05) is 5.73 Å². The van der Waals surface area contributed by atoms with Crippen LogP contribution in [0.5, 0.6) is 11.6 Å². The molecule has 0 aliphatic rings. The van der Waals surface area contributed by atoms with Crippen molar-refractivity contribution < 1.29 is 13.9 Å². The summed E-state index contributed by atoms with van der Waals surface area (Å²) < 4.78 is 19.1. The maximum Gasteiger partial charge on any atom is 0.254 e. The Morgan fingerprint density at radius 3 is 2.68 bits per heavy atom. The second kappa shape index (κ2) is 5.23. The predicted molar refractivity (Wildman–Crippen MR) is 71.3 cm³/mol. The molecule has 1 amide bonds. The lowest BCUT2D eigenvalue weighted by Gasteiger charge is -2.09. The van der Waals surface area contributed by atoms with Gasteiger partial charge < -0.3 is 16.2 Å². The minimum atomic E-state index is -0.731. The summed E-state index contributed by atoms with van der Waals surface area (Å²) in [5.41, 5.74) is 11.0. The molecule has 1 aromatic heterocycles. The lowest BCUT2D eigenvalue weighted by atomic mass is 10.2. The third-order valence-electron chi connectivity index (χ3n) is 2.19. The SMILES string of the molecule is NC(=O)c1cc(N)cnc1Oc1cc(F)cc(Br)c1. The molecule has 0 saturated carbocycles. The lowest BCUT2D eigenvalue weighted by molar-refractivity contribution is 0.0997. The van der Waals surface area contributed by atoms with Gasteiger partial charge in [0.2, 0.25) is 5.88 Å². The van der Waals surface area contributed by atoms with Gasteiger partial charge in [0.15, 0.2) is 0 Å². The Morgan fingerprint density at radius 2 is 2.05 bits per heavy atom. The highest BCUT2D eigenvalue weighted by molar-refractivity contribution is 9.10. The minimum absolute atomic E-state index is 0.0281. The summed E-state index contributed by atoms with van der Waals surface area (Å²) in [5, 5.41) is 0. The number of nitrogens with two attached hydrogens (primary N) is 2. The number of hydrogen-bond acceptors (Lipinski definition) is 4. The van der Waals surface area contributed by atoms with Crippen molar-refractivity contribution in [3.05, 3.63) is 46.3 Å². The van der Waals surface area contributed by atoms with Crippen molar-refractivity contribution in [1.29, 1.82) is 0 Å². The van der Waals surface area contributed by atoms with Gasteiger partial charge in [-0.15, -0.1) is 0 Å². The van der Waals surface area contributed by atoms with Crippen LogP contribution in [0.1, 0.15) is 10.4 Å². The third-order valence-corrected chi connectivity index (χ3v) is 2.65. The molecule has 0 aliphatic carbocycles. The first-order valence-corrected chi connectivity index (χ1v) is 5.94. The van der Waals surface area contributed by atoms with Crippen molar-refractivity contribution in [1.82, 2.24) is 4.98 Å². The average Bonchev–Trinajstić information content (AvgIpc) is 2.30. The average molecular weight is 326 g/mol. The smallest absolute Gasteiger partial charge is 0.254 e. The van der Waals surface area contributed by atoms with Crippen LogP contribution in [-0.4, -0.2) is 10.9 Å². The number of halogens is 2. The Hall–Kier alpha value is -2.15. The number of benzene rings is 1. The number of carbonyl (C=O) groups excluding carboxylic acids is 1. The Bertz CT molecular complexity index is 629. The van der Waals surface area contributed by atoms with E-state index in [1.807, 2.05) is 0 Å². The van der Waals surface area contributed by atoms with Crippen LogP contribution in [0.25, 0.3) is 0 Å². The van der Waals surface area contributed by atoms with Crippen LogP contribution in [-0.2, 0) is 0 Å². The second-order valence-corrected chi connectivity index (χ2v) is 4.61. The van der Waals surface area contributed by atoms with Crippen LogP contribution in [0.2, 0.25) is 0 Å². The number of rotatable bonds is 3. The van der Waals surface area contributed by atoms with Gasteiger partial charge in [-0.25, -0.2) is 9.37 Å². The number of amides is 1. The Labute approximate surface area is 116 Å². The molecule has 0 spiro atoms. The van der Waals surface area contributed by atoms with E-state index in [1.54, 1.807) is 0 Å². The number of hydrogen-bond donors (Lipinski definition) is 2. The monoisotopic (exact) mass is 325 g/mol. The quantitative estimate of drug-likeness (QED) is 0.906. The molecule has 2 rings (SSSR count). The number of primary amides is 1. The van der Waals surface area contributed by atoms with Crippen molar-refractivity contribution in [3.63, 3.8) is 0 Å². The van der Waals surface area contributed by atoms with Gasteiger partial charge in [0.1, 0.15) is 17.1 Å². The molecule has 0 aliphatic heterocycles. The van der Waals surface area contributed by atoms with Gasteiger partial charge in [-0.1, -0.05) is 15.9 Å². The zero-order valence-corrected chi connectivity index (χ0v) is 11.1. The standard InChI is InChI=1S/C12H9BrFN3O2/c13-6-1-7(14)3-9(2-6)19-12-10(11(16)18)4-8(15)5-17-12/h1-5H,15H2,(H2,16,18). The lowest BCUT2D eigenvalue weighted by Crippen LogP contribution is -2.13. The van der Waals surface area contributed by atoms with Crippen molar-refractivity contribution in [3.8, 4) is 11.6 Å². The zero-order chi connectivity index (χ0) is 14.0. The molecule has 19 heavy (non-hydrogen) atoms. The first-order chi connectivity index (χ1) is 8.95. The van der Waals surface area contributed by atoms with Gasteiger partial charge in [0.25, 0.3) is 5.91 Å². The largest absolute Gasteiger partial charge is 0.438 e. The normalized spacial score (nSPS) is 10.2. The molecular formula is C12H9BrFN3O2. The van der Waals surface area contributed by atoms with Crippen LogP contribution in [0, 0.1) is 5.82 Å². The Balaban J connectivity index is 2.40. The van der Waals surface area contributed by atoms with E-state index in [0.29, 0.717) is 4.47 Å². The van der Waals surface area contributed by atoms with E-state index in [4.69, 9.17) is 16.2 Å². The molecule has 0 saturated heterocycles. The number of ether oxygens (including phenoxy) is 1. The highest BCUT2D eigenvalue weighted by Gasteiger charge is 2.13. The summed E-state index contributed by atoms with van der Waals surface area (Å²) in [6, 6.07) is 5.32. The number of anilines is 1.